The summed E-state index contributed by atoms with van der Waals surface area (Å²) in [6.07, 6.45) is -0.721. The number of esters is 1. The molecule has 0 bridgehead atoms. The van der Waals surface area contributed by atoms with E-state index in [1.807, 2.05) is 45.2 Å². The van der Waals surface area contributed by atoms with Crippen LogP contribution >= 0.6 is 45.2 Å². The number of rotatable bonds is 3. The Balaban J connectivity index is 3.09. The number of alkyl carbamates (subject to hydrolysis) is 1. The molecule has 1 rings (SSSR count). The van der Waals surface area contributed by atoms with Crippen molar-refractivity contribution in [3.63, 3.8) is 0 Å². The Morgan fingerprint density at radius 1 is 1.23 bits per heavy atom. The van der Waals surface area contributed by atoms with Gasteiger partial charge in [-0.25, -0.2) is 9.59 Å². The number of benzene rings is 1. The van der Waals surface area contributed by atoms with E-state index >= 15 is 0 Å². The molecule has 8 heteroatoms. The summed E-state index contributed by atoms with van der Waals surface area (Å²) in [7, 11) is 1.24. The lowest BCUT2D eigenvalue weighted by atomic mass is 10.1. The molecule has 1 aromatic rings. The van der Waals surface area contributed by atoms with Crippen LogP contribution in [0.3, 0.4) is 0 Å². The van der Waals surface area contributed by atoms with E-state index in [9.17, 15) is 14.7 Å². The molecular weight excluding hydrogens is 516 g/mol. The van der Waals surface area contributed by atoms with Gasteiger partial charge in [-0.2, -0.15) is 0 Å². The fourth-order valence-corrected chi connectivity index (χ4v) is 3.39. The van der Waals surface area contributed by atoms with Crippen LogP contribution in [-0.2, 0) is 14.3 Å². The molecule has 0 aliphatic carbocycles. The van der Waals surface area contributed by atoms with Crippen LogP contribution in [0.1, 0.15) is 32.4 Å². The van der Waals surface area contributed by atoms with Crippen molar-refractivity contribution in [1.82, 2.24) is 5.32 Å². The van der Waals surface area contributed by atoms with Crippen molar-refractivity contribution in [1.29, 1.82) is 0 Å². The van der Waals surface area contributed by atoms with Crippen LogP contribution in [0.2, 0.25) is 0 Å². The minimum absolute atomic E-state index is 0.130. The van der Waals surface area contributed by atoms with Gasteiger partial charge in [-0.1, -0.05) is 0 Å². The van der Waals surface area contributed by atoms with E-state index in [0.717, 1.165) is 0 Å². The van der Waals surface area contributed by atoms with Gasteiger partial charge in [-0.3, -0.25) is 0 Å². The number of phenols is 1. The zero-order valence-electron chi connectivity index (χ0n) is 12.6. The second kappa shape index (κ2) is 7.66. The molecule has 0 aliphatic rings. The lowest BCUT2D eigenvalue weighted by Gasteiger charge is -2.23. The molecule has 122 valence electrons. The van der Waals surface area contributed by atoms with Crippen molar-refractivity contribution >= 4 is 57.2 Å². The van der Waals surface area contributed by atoms with Crippen LogP contribution in [-0.4, -0.2) is 29.9 Å². The molecule has 0 aromatic heterocycles. The highest BCUT2D eigenvalue weighted by Crippen LogP contribution is 2.30. The van der Waals surface area contributed by atoms with Gasteiger partial charge >= 0.3 is 12.1 Å². The number of hydrogen-bond acceptors (Lipinski definition) is 5. The zero-order chi connectivity index (χ0) is 17.1. The second-order valence-electron chi connectivity index (χ2n) is 5.44. The molecule has 6 nitrogen and oxygen atoms in total. The monoisotopic (exact) mass is 533 g/mol. The molecule has 1 atom stereocenters. The smallest absolute Gasteiger partial charge is 0.408 e. The molecule has 0 spiro atoms. The lowest BCUT2D eigenvalue weighted by molar-refractivity contribution is -0.143. The van der Waals surface area contributed by atoms with Gasteiger partial charge in [0.15, 0.2) is 6.04 Å². The Morgan fingerprint density at radius 3 is 2.14 bits per heavy atom. The largest absolute Gasteiger partial charge is 0.506 e. The molecule has 22 heavy (non-hydrogen) atoms. The van der Waals surface area contributed by atoms with Crippen molar-refractivity contribution in [2.24, 2.45) is 0 Å². The fourth-order valence-electron chi connectivity index (χ4n) is 1.57. The highest BCUT2D eigenvalue weighted by Gasteiger charge is 2.27. The number of ether oxygens (including phenoxy) is 2. The van der Waals surface area contributed by atoms with Crippen LogP contribution in [0.15, 0.2) is 12.1 Å². The SMILES string of the molecule is COC(=O)[C@@H](NC(=O)OC(C)(C)C)c1cc(I)c(O)c(I)c1. The first-order chi connectivity index (χ1) is 10.0. The van der Waals surface area contributed by atoms with Gasteiger partial charge in [-0.05, 0) is 83.6 Å². The maximum Gasteiger partial charge on any atom is 0.408 e. The number of halogens is 2. The quantitative estimate of drug-likeness (QED) is 0.461. The first-order valence-electron chi connectivity index (χ1n) is 6.30. The summed E-state index contributed by atoms with van der Waals surface area (Å²) in [6, 6.07) is 2.20. The van der Waals surface area contributed by atoms with Crippen LogP contribution < -0.4 is 5.32 Å². The highest BCUT2D eigenvalue weighted by atomic mass is 127. The standard InChI is InChI=1S/C14H17I2NO5/c1-14(2,3)22-13(20)17-10(12(19)21-4)7-5-8(15)11(18)9(16)6-7/h5-6,10,18H,1-4H3,(H,17,20)/t10-/m0/s1. The third-order valence-electron chi connectivity index (χ3n) is 2.47. The maximum atomic E-state index is 12.0. The first-order valence-corrected chi connectivity index (χ1v) is 8.46. The van der Waals surface area contributed by atoms with E-state index in [4.69, 9.17) is 9.47 Å². The summed E-state index contributed by atoms with van der Waals surface area (Å²) >= 11 is 3.90. The van der Waals surface area contributed by atoms with Crippen LogP contribution in [0.4, 0.5) is 4.79 Å². The summed E-state index contributed by atoms with van der Waals surface area (Å²) in [5.41, 5.74) is -0.174. The van der Waals surface area contributed by atoms with Crippen molar-refractivity contribution in [3.05, 3.63) is 24.8 Å². The summed E-state index contributed by atoms with van der Waals surface area (Å²) < 4.78 is 11.0. The Labute approximate surface area is 156 Å². The van der Waals surface area contributed by atoms with Crippen molar-refractivity contribution in [3.8, 4) is 5.75 Å². The van der Waals surface area contributed by atoms with E-state index in [1.54, 1.807) is 32.9 Å². The van der Waals surface area contributed by atoms with Crippen molar-refractivity contribution in [2.45, 2.75) is 32.4 Å². The van der Waals surface area contributed by atoms with Gasteiger partial charge in [0.1, 0.15) is 11.4 Å². The Bertz CT molecular complexity index is 560. The molecule has 0 fully saturated rings. The Morgan fingerprint density at radius 2 is 1.73 bits per heavy atom. The number of phenolic OH excluding ortho intramolecular Hbond substituents is 1. The van der Waals surface area contributed by atoms with E-state index in [0.29, 0.717) is 12.7 Å². The fraction of sp³-hybridized carbons (Fsp3) is 0.429. The summed E-state index contributed by atoms with van der Waals surface area (Å²) in [4.78, 5) is 23.9. The third kappa shape index (κ3) is 5.45. The predicted octanol–water partition coefficient (Wildman–Crippen LogP) is 3.34. The summed E-state index contributed by atoms with van der Waals surface area (Å²) in [5.74, 6) is -0.492. The topological polar surface area (TPSA) is 84.9 Å². The van der Waals surface area contributed by atoms with Crippen LogP contribution in [0.5, 0.6) is 5.75 Å². The molecule has 0 radical (unpaired) electrons. The lowest BCUT2D eigenvalue weighted by Crippen LogP contribution is -2.38. The minimum Gasteiger partial charge on any atom is -0.506 e. The van der Waals surface area contributed by atoms with E-state index in [1.165, 1.54) is 7.11 Å². The van der Waals surface area contributed by atoms with Gasteiger partial charge in [-0.15, -0.1) is 0 Å². The van der Waals surface area contributed by atoms with Gasteiger partial charge in [0.25, 0.3) is 0 Å². The van der Waals surface area contributed by atoms with Crippen molar-refractivity contribution < 1.29 is 24.2 Å². The van der Waals surface area contributed by atoms with E-state index in [-0.39, 0.29) is 5.75 Å². The number of hydrogen-bond donors (Lipinski definition) is 2. The minimum atomic E-state index is -1.01. The number of carbonyl (C=O) groups is 2. The molecule has 1 aromatic carbocycles. The Kier molecular flexibility index (Phi) is 6.71. The Hall–Kier alpha value is -0.780. The normalized spacial score (nSPS) is 12.5. The number of amides is 1. The number of nitrogens with one attached hydrogen (secondary N) is 1. The molecule has 0 saturated carbocycles. The van der Waals surface area contributed by atoms with Crippen LogP contribution in [0.25, 0.3) is 0 Å². The molecule has 1 amide bonds. The van der Waals surface area contributed by atoms with Gasteiger partial charge in [0.2, 0.25) is 0 Å². The van der Waals surface area contributed by atoms with E-state index < -0.39 is 23.7 Å². The maximum absolute atomic E-state index is 12.0. The highest BCUT2D eigenvalue weighted by molar-refractivity contribution is 14.1. The predicted molar refractivity (Wildman–Crippen MR) is 97.7 cm³/mol. The summed E-state index contributed by atoms with van der Waals surface area (Å²) in [6.45, 7) is 5.19. The van der Waals surface area contributed by atoms with Gasteiger partial charge < -0.3 is 19.9 Å². The number of carbonyl (C=O) groups excluding carboxylic acids is 2. The third-order valence-corrected chi connectivity index (χ3v) is 4.12. The molecule has 0 heterocycles. The molecule has 0 saturated heterocycles. The number of aromatic hydroxyl groups is 1. The zero-order valence-corrected chi connectivity index (χ0v) is 16.9. The van der Waals surface area contributed by atoms with E-state index in [2.05, 4.69) is 5.32 Å². The second-order valence-corrected chi connectivity index (χ2v) is 7.76. The number of methoxy groups -OCH3 is 1. The molecule has 0 aliphatic heterocycles. The molecular formula is C14H17I2NO5. The first kappa shape index (κ1) is 19.3. The molecule has 2 N–H and O–H groups in total. The average Bonchev–Trinajstić information content (AvgIpc) is 2.38. The van der Waals surface area contributed by atoms with Gasteiger partial charge in [0.05, 0.1) is 14.3 Å². The van der Waals surface area contributed by atoms with Crippen molar-refractivity contribution in [2.75, 3.05) is 7.11 Å². The van der Waals surface area contributed by atoms with Crippen LogP contribution in [0, 0.1) is 7.14 Å². The summed E-state index contributed by atoms with van der Waals surface area (Å²) in [5, 5.41) is 12.3. The average molecular weight is 533 g/mol. The van der Waals surface area contributed by atoms with Gasteiger partial charge in [0, 0.05) is 0 Å². The molecule has 0 unspecified atom stereocenters.